The van der Waals surface area contributed by atoms with Crippen LogP contribution in [0, 0.1) is 5.92 Å². The number of piperidine rings is 1. The maximum absolute atomic E-state index is 5.39. The first-order valence-corrected chi connectivity index (χ1v) is 11.7. The molecule has 0 atom stereocenters. The standard InChI is InChI=1S/C26H33N5O3/c1-32-22-10-9-20(18-23(22)33-2)11-14-27-24-28-25(30-26(29-24)34-3)31-15-12-21(13-16-31)17-19-7-5-4-6-8-19/h4-10,18,21H,11-17H2,1-3H3,(H,27,28,29,30). The molecule has 0 unspecified atom stereocenters. The van der Waals surface area contributed by atoms with Crippen LogP contribution < -0.4 is 24.4 Å². The fourth-order valence-corrected chi connectivity index (χ4v) is 4.30. The predicted molar refractivity (Wildman–Crippen MR) is 133 cm³/mol. The number of rotatable bonds is 10. The molecule has 2 aromatic carbocycles. The van der Waals surface area contributed by atoms with Crippen LogP contribution in [0.3, 0.4) is 0 Å². The summed E-state index contributed by atoms with van der Waals surface area (Å²) in [4.78, 5) is 15.8. The fraction of sp³-hybridized carbons (Fsp3) is 0.423. The summed E-state index contributed by atoms with van der Waals surface area (Å²) >= 11 is 0. The lowest BCUT2D eigenvalue weighted by Crippen LogP contribution is -2.35. The van der Waals surface area contributed by atoms with Gasteiger partial charge in [-0.2, -0.15) is 15.0 Å². The Bertz CT molecular complexity index is 1060. The molecule has 34 heavy (non-hydrogen) atoms. The smallest absolute Gasteiger partial charge is 0.322 e. The van der Waals surface area contributed by atoms with Crippen molar-refractivity contribution in [1.82, 2.24) is 15.0 Å². The molecule has 0 saturated carbocycles. The summed E-state index contributed by atoms with van der Waals surface area (Å²) in [5, 5.41) is 3.31. The first-order valence-electron chi connectivity index (χ1n) is 11.7. The normalized spacial score (nSPS) is 14.0. The molecule has 0 spiro atoms. The summed E-state index contributed by atoms with van der Waals surface area (Å²) < 4.78 is 16.1. The highest BCUT2D eigenvalue weighted by Gasteiger charge is 2.22. The lowest BCUT2D eigenvalue weighted by molar-refractivity contribution is 0.354. The molecule has 0 amide bonds. The molecule has 0 radical (unpaired) electrons. The fourth-order valence-electron chi connectivity index (χ4n) is 4.30. The van der Waals surface area contributed by atoms with Crippen LogP contribution in [0.5, 0.6) is 17.5 Å². The Morgan fingerprint density at radius 1 is 0.853 bits per heavy atom. The van der Waals surface area contributed by atoms with Crippen molar-refractivity contribution in [1.29, 1.82) is 0 Å². The minimum Gasteiger partial charge on any atom is -0.493 e. The van der Waals surface area contributed by atoms with Gasteiger partial charge in [-0.3, -0.25) is 0 Å². The average molecular weight is 464 g/mol. The van der Waals surface area contributed by atoms with Crippen LogP contribution in [0.25, 0.3) is 0 Å². The van der Waals surface area contributed by atoms with Crippen molar-refractivity contribution in [2.45, 2.75) is 25.7 Å². The quantitative estimate of drug-likeness (QED) is 0.483. The average Bonchev–Trinajstić information content (AvgIpc) is 2.89. The van der Waals surface area contributed by atoms with Gasteiger partial charge < -0.3 is 24.4 Å². The summed E-state index contributed by atoms with van der Waals surface area (Å²) in [6.07, 6.45) is 4.14. The minimum atomic E-state index is 0.324. The molecule has 1 aliphatic heterocycles. The molecule has 0 bridgehead atoms. The molecule has 1 fully saturated rings. The molecule has 4 rings (SSSR count). The SMILES string of the molecule is COc1nc(NCCc2ccc(OC)c(OC)c2)nc(N2CCC(Cc3ccccc3)CC2)n1. The van der Waals surface area contributed by atoms with E-state index in [9.17, 15) is 0 Å². The van der Waals surface area contributed by atoms with E-state index in [-0.39, 0.29) is 0 Å². The van der Waals surface area contributed by atoms with Crippen LogP contribution in [0.15, 0.2) is 48.5 Å². The van der Waals surface area contributed by atoms with E-state index in [1.165, 1.54) is 5.56 Å². The third kappa shape index (κ3) is 6.07. The number of nitrogens with zero attached hydrogens (tertiary/aromatic N) is 4. The molecular formula is C26H33N5O3. The van der Waals surface area contributed by atoms with Crippen LogP contribution in [-0.2, 0) is 12.8 Å². The van der Waals surface area contributed by atoms with Gasteiger partial charge in [-0.15, -0.1) is 0 Å². The third-order valence-electron chi connectivity index (χ3n) is 6.19. The highest BCUT2D eigenvalue weighted by atomic mass is 16.5. The summed E-state index contributed by atoms with van der Waals surface area (Å²) in [6.45, 7) is 2.52. The van der Waals surface area contributed by atoms with E-state index in [4.69, 9.17) is 14.2 Å². The zero-order chi connectivity index (χ0) is 23.8. The van der Waals surface area contributed by atoms with Gasteiger partial charge in [-0.1, -0.05) is 36.4 Å². The first-order chi connectivity index (χ1) is 16.7. The van der Waals surface area contributed by atoms with Crippen LogP contribution in [0.4, 0.5) is 11.9 Å². The Morgan fingerprint density at radius 2 is 1.62 bits per heavy atom. The molecule has 8 heteroatoms. The summed E-state index contributed by atoms with van der Waals surface area (Å²) in [5.74, 6) is 3.31. The van der Waals surface area contributed by atoms with Crippen molar-refractivity contribution in [3.05, 3.63) is 59.7 Å². The van der Waals surface area contributed by atoms with Gasteiger partial charge in [-0.05, 0) is 54.9 Å². The molecule has 1 saturated heterocycles. The van der Waals surface area contributed by atoms with E-state index in [2.05, 4.69) is 55.5 Å². The van der Waals surface area contributed by atoms with Crippen molar-refractivity contribution in [3.63, 3.8) is 0 Å². The topological polar surface area (TPSA) is 81.6 Å². The van der Waals surface area contributed by atoms with E-state index in [1.54, 1.807) is 21.3 Å². The summed E-state index contributed by atoms with van der Waals surface area (Å²) in [6, 6.07) is 17.0. The molecular weight excluding hydrogens is 430 g/mol. The molecule has 3 aromatic rings. The molecule has 180 valence electrons. The Balaban J connectivity index is 1.35. The number of hydrogen-bond acceptors (Lipinski definition) is 8. The summed E-state index contributed by atoms with van der Waals surface area (Å²) in [7, 11) is 4.86. The second kappa shape index (κ2) is 11.5. The van der Waals surface area contributed by atoms with Crippen molar-refractivity contribution in [2.24, 2.45) is 5.92 Å². The van der Waals surface area contributed by atoms with Crippen molar-refractivity contribution in [2.75, 3.05) is 51.2 Å². The number of aromatic nitrogens is 3. The van der Waals surface area contributed by atoms with Crippen LogP contribution in [-0.4, -0.2) is 55.9 Å². The number of hydrogen-bond donors (Lipinski definition) is 1. The van der Waals surface area contributed by atoms with Crippen molar-refractivity contribution < 1.29 is 14.2 Å². The monoisotopic (exact) mass is 463 g/mol. The lowest BCUT2D eigenvalue weighted by Gasteiger charge is -2.32. The van der Waals surface area contributed by atoms with E-state index in [0.29, 0.717) is 30.4 Å². The number of nitrogens with one attached hydrogen (secondary N) is 1. The number of methoxy groups -OCH3 is 3. The second-order valence-electron chi connectivity index (χ2n) is 8.43. The maximum Gasteiger partial charge on any atom is 0.322 e. The van der Waals surface area contributed by atoms with Crippen LogP contribution in [0.2, 0.25) is 0 Å². The Labute approximate surface area is 201 Å². The van der Waals surface area contributed by atoms with E-state index < -0.39 is 0 Å². The van der Waals surface area contributed by atoms with Gasteiger partial charge in [0.2, 0.25) is 11.9 Å². The number of benzene rings is 2. The minimum absolute atomic E-state index is 0.324. The molecule has 0 aliphatic carbocycles. The molecule has 1 aliphatic rings. The molecule has 2 heterocycles. The number of anilines is 2. The third-order valence-corrected chi connectivity index (χ3v) is 6.19. The van der Waals surface area contributed by atoms with Gasteiger partial charge in [0.05, 0.1) is 21.3 Å². The van der Waals surface area contributed by atoms with Crippen molar-refractivity contribution >= 4 is 11.9 Å². The van der Waals surface area contributed by atoms with Gasteiger partial charge in [0.1, 0.15) is 0 Å². The van der Waals surface area contributed by atoms with Gasteiger partial charge >= 0.3 is 6.01 Å². The van der Waals surface area contributed by atoms with E-state index in [0.717, 1.165) is 55.8 Å². The van der Waals surface area contributed by atoms with Crippen LogP contribution in [0.1, 0.15) is 24.0 Å². The van der Waals surface area contributed by atoms with Gasteiger partial charge in [0.15, 0.2) is 11.5 Å². The largest absolute Gasteiger partial charge is 0.493 e. The van der Waals surface area contributed by atoms with Gasteiger partial charge in [-0.25, -0.2) is 0 Å². The Morgan fingerprint density at radius 3 is 2.32 bits per heavy atom. The Kier molecular flexibility index (Phi) is 8.01. The summed E-state index contributed by atoms with van der Waals surface area (Å²) in [5.41, 5.74) is 2.54. The highest BCUT2D eigenvalue weighted by molar-refractivity contribution is 5.43. The molecule has 8 nitrogen and oxygen atoms in total. The highest BCUT2D eigenvalue weighted by Crippen LogP contribution is 2.28. The predicted octanol–water partition coefficient (Wildman–Crippen LogP) is 4.01. The molecule has 1 aromatic heterocycles. The zero-order valence-electron chi connectivity index (χ0n) is 20.2. The lowest BCUT2D eigenvalue weighted by atomic mass is 9.90. The van der Waals surface area contributed by atoms with Gasteiger partial charge in [0, 0.05) is 19.6 Å². The number of ether oxygens (including phenoxy) is 3. The van der Waals surface area contributed by atoms with E-state index >= 15 is 0 Å². The van der Waals surface area contributed by atoms with Crippen LogP contribution >= 0.6 is 0 Å². The Hall–Kier alpha value is -3.55. The van der Waals surface area contributed by atoms with Gasteiger partial charge in [0.25, 0.3) is 0 Å². The van der Waals surface area contributed by atoms with E-state index in [1.807, 2.05) is 18.2 Å². The van der Waals surface area contributed by atoms with Crippen molar-refractivity contribution in [3.8, 4) is 17.5 Å². The maximum atomic E-state index is 5.39. The molecule has 1 N–H and O–H groups in total. The zero-order valence-corrected chi connectivity index (χ0v) is 20.2. The second-order valence-corrected chi connectivity index (χ2v) is 8.43. The first kappa shape index (κ1) is 23.6.